The molecule has 0 saturated carbocycles. The Morgan fingerprint density at radius 2 is 1.80 bits per heavy atom. The molecule has 4 heterocycles. The normalized spacial score (nSPS) is 15.5. The summed E-state index contributed by atoms with van der Waals surface area (Å²) in [5.74, 6) is 0.705. The van der Waals surface area contributed by atoms with Crippen molar-refractivity contribution in [2.24, 2.45) is 5.41 Å². The molecular formula is C31H40N8O5. The third-order valence-corrected chi connectivity index (χ3v) is 7.40. The summed E-state index contributed by atoms with van der Waals surface area (Å²) in [5.41, 5.74) is 9.48. The van der Waals surface area contributed by atoms with Gasteiger partial charge in [0, 0.05) is 24.3 Å². The predicted octanol–water partition coefficient (Wildman–Crippen LogP) is 4.89. The number of ether oxygens (including phenoxy) is 3. The van der Waals surface area contributed by atoms with Crippen LogP contribution >= 0.6 is 0 Å². The average molecular weight is 605 g/mol. The van der Waals surface area contributed by atoms with Gasteiger partial charge < -0.3 is 29.4 Å². The zero-order valence-electron chi connectivity index (χ0n) is 26.3. The summed E-state index contributed by atoms with van der Waals surface area (Å²) < 4.78 is 20.6. The number of likely N-dealkylation sites (tertiary alicyclic amines) is 1. The molecule has 1 aliphatic rings. The maximum atomic E-state index is 12.8. The van der Waals surface area contributed by atoms with Crippen LogP contribution in [0, 0.1) is 12.3 Å². The highest BCUT2D eigenvalue weighted by Crippen LogP contribution is 2.40. The van der Waals surface area contributed by atoms with Gasteiger partial charge >= 0.3 is 12.1 Å². The summed E-state index contributed by atoms with van der Waals surface area (Å²) in [6.45, 7) is 14.3. The van der Waals surface area contributed by atoms with Gasteiger partial charge in [0.2, 0.25) is 0 Å². The molecule has 13 nitrogen and oxygen atoms in total. The van der Waals surface area contributed by atoms with E-state index < -0.39 is 11.0 Å². The third-order valence-electron chi connectivity index (χ3n) is 7.40. The lowest BCUT2D eigenvalue weighted by atomic mass is 9.98. The molecule has 1 aliphatic heterocycles. The second kappa shape index (κ2) is 11.8. The van der Waals surface area contributed by atoms with Crippen LogP contribution in [-0.2, 0) is 27.6 Å². The van der Waals surface area contributed by atoms with Crippen molar-refractivity contribution >= 4 is 28.9 Å². The van der Waals surface area contributed by atoms with E-state index in [0.717, 1.165) is 34.3 Å². The number of hydrogen-bond donors (Lipinski definition) is 1. The van der Waals surface area contributed by atoms with Crippen LogP contribution in [-0.4, -0.2) is 65.2 Å². The van der Waals surface area contributed by atoms with E-state index >= 15 is 0 Å². The number of fused-ring (bicyclic) bond motifs is 1. The number of amides is 1. The molecule has 0 bridgehead atoms. The Balaban J connectivity index is 1.34. The van der Waals surface area contributed by atoms with Crippen molar-refractivity contribution in [3.8, 4) is 16.9 Å². The molecule has 0 spiro atoms. The summed E-state index contributed by atoms with van der Waals surface area (Å²) in [6.07, 6.45) is 3.50. The molecule has 4 aromatic rings. The van der Waals surface area contributed by atoms with Gasteiger partial charge in [-0.15, -0.1) is 5.10 Å². The highest BCUT2D eigenvalue weighted by atomic mass is 16.6. The lowest BCUT2D eigenvalue weighted by molar-refractivity contribution is -0.157. The first-order chi connectivity index (χ1) is 20.7. The van der Waals surface area contributed by atoms with Gasteiger partial charge in [0.05, 0.1) is 28.7 Å². The Labute approximate surface area is 256 Å². The highest BCUT2D eigenvalue weighted by Gasteiger charge is 2.33. The Morgan fingerprint density at radius 1 is 1.07 bits per heavy atom. The molecule has 0 radical (unpaired) electrons. The minimum Gasteiger partial charge on any atom is -0.487 e. The van der Waals surface area contributed by atoms with Gasteiger partial charge in [-0.1, -0.05) is 17.3 Å². The second-order valence-electron chi connectivity index (χ2n) is 13.0. The first-order valence-electron chi connectivity index (χ1n) is 14.6. The maximum Gasteiger partial charge on any atom is 0.410 e. The Morgan fingerprint density at radius 3 is 2.48 bits per heavy atom. The standard InChI is InChI=1S/C31H40N8O5/c1-19-24(20-8-10-23(11-9-20)42-16-22-14-35-36-38(22)18-43-28(40)30(2,3)4)25-26(32)33-17-34-27(25)39(19)21-12-13-37(15-21)29(41)44-31(5,6)7/h8-11,14,17,21H,12-13,15-16,18H2,1-7H3,(H2,32,33,34)/t21-/m1/s1. The average Bonchev–Trinajstić information content (AvgIpc) is 3.67. The number of rotatable bonds is 7. The molecule has 13 heteroatoms. The van der Waals surface area contributed by atoms with Gasteiger partial charge in [-0.05, 0) is 72.6 Å². The van der Waals surface area contributed by atoms with Crippen molar-refractivity contribution in [3.05, 3.63) is 48.2 Å². The number of benzene rings is 1. The van der Waals surface area contributed by atoms with Crippen LogP contribution in [0.2, 0.25) is 0 Å². The van der Waals surface area contributed by atoms with Crippen LogP contribution in [0.1, 0.15) is 65.4 Å². The fourth-order valence-corrected chi connectivity index (χ4v) is 5.23. The highest BCUT2D eigenvalue weighted by molar-refractivity contribution is 6.02. The largest absolute Gasteiger partial charge is 0.487 e. The molecule has 0 unspecified atom stereocenters. The number of hydrogen-bond acceptors (Lipinski definition) is 10. The van der Waals surface area contributed by atoms with Crippen molar-refractivity contribution in [2.75, 3.05) is 18.8 Å². The van der Waals surface area contributed by atoms with E-state index in [-0.39, 0.29) is 31.4 Å². The van der Waals surface area contributed by atoms with E-state index in [1.807, 2.05) is 52.0 Å². The van der Waals surface area contributed by atoms with Crippen LogP contribution in [0.4, 0.5) is 10.6 Å². The lowest BCUT2D eigenvalue weighted by Gasteiger charge is -2.24. The van der Waals surface area contributed by atoms with Crippen molar-refractivity contribution in [1.29, 1.82) is 0 Å². The Kier molecular flexibility index (Phi) is 8.23. The summed E-state index contributed by atoms with van der Waals surface area (Å²) in [4.78, 5) is 35.5. The number of carbonyl (C=O) groups excluding carboxylic acids is 2. The van der Waals surface area contributed by atoms with Gasteiger partial charge in [0.15, 0.2) is 6.73 Å². The molecular weight excluding hydrogens is 564 g/mol. The minimum absolute atomic E-state index is 0.0109. The zero-order chi connectivity index (χ0) is 31.8. The van der Waals surface area contributed by atoms with E-state index in [1.54, 1.807) is 31.9 Å². The fourth-order valence-electron chi connectivity index (χ4n) is 5.23. The summed E-state index contributed by atoms with van der Waals surface area (Å²) in [5, 5.41) is 8.70. The third kappa shape index (κ3) is 6.46. The topological polar surface area (TPSA) is 153 Å². The molecule has 44 heavy (non-hydrogen) atoms. The van der Waals surface area contributed by atoms with E-state index in [4.69, 9.17) is 19.9 Å². The lowest BCUT2D eigenvalue weighted by Crippen LogP contribution is -2.35. The van der Waals surface area contributed by atoms with Crippen LogP contribution in [0.5, 0.6) is 5.75 Å². The molecule has 1 amide bonds. The maximum absolute atomic E-state index is 12.8. The second-order valence-corrected chi connectivity index (χ2v) is 13.0. The van der Waals surface area contributed by atoms with Crippen LogP contribution in [0.15, 0.2) is 36.8 Å². The fraction of sp³-hybridized carbons (Fsp3) is 0.484. The molecule has 1 fully saturated rings. The van der Waals surface area contributed by atoms with Crippen molar-refractivity contribution < 1.29 is 23.8 Å². The van der Waals surface area contributed by atoms with E-state index in [2.05, 4.69) is 24.8 Å². The molecule has 5 rings (SSSR count). The van der Waals surface area contributed by atoms with Gasteiger partial charge in [-0.3, -0.25) is 4.79 Å². The van der Waals surface area contributed by atoms with E-state index in [1.165, 1.54) is 11.0 Å². The molecule has 3 aromatic heterocycles. The monoisotopic (exact) mass is 604 g/mol. The van der Waals surface area contributed by atoms with Crippen LogP contribution < -0.4 is 10.5 Å². The predicted molar refractivity (Wildman–Crippen MR) is 163 cm³/mol. The molecule has 1 saturated heterocycles. The van der Waals surface area contributed by atoms with Gasteiger partial charge in [0.1, 0.15) is 35.7 Å². The van der Waals surface area contributed by atoms with Crippen molar-refractivity contribution in [2.45, 2.75) is 79.9 Å². The first kappa shape index (κ1) is 30.8. The number of nitrogens with zero attached hydrogens (tertiary/aromatic N) is 7. The summed E-state index contributed by atoms with van der Waals surface area (Å²) in [6, 6.07) is 7.71. The Bertz CT molecular complexity index is 1660. The first-order valence-corrected chi connectivity index (χ1v) is 14.6. The zero-order valence-corrected chi connectivity index (χ0v) is 26.3. The number of anilines is 1. The molecule has 234 valence electrons. The summed E-state index contributed by atoms with van der Waals surface area (Å²) >= 11 is 0. The molecule has 1 atom stereocenters. The molecule has 2 N–H and O–H groups in total. The van der Waals surface area contributed by atoms with Crippen LogP contribution in [0.25, 0.3) is 22.2 Å². The van der Waals surface area contributed by atoms with Crippen molar-refractivity contribution in [1.82, 2.24) is 34.4 Å². The van der Waals surface area contributed by atoms with Crippen molar-refractivity contribution in [3.63, 3.8) is 0 Å². The molecule has 0 aliphatic carbocycles. The van der Waals surface area contributed by atoms with Gasteiger partial charge in [0.25, 0.3) is 0 Å². The quantitative estimate of drug-likeness (QED) is 0.289. The van der Waals surface area contributed by atoms with Gasteiger partial charge in [-0.25, -0.2) is 19.4 Å². The number of aromatic nitrogens is 6. The van der Waals surface area contributed by atoms with E-state index in [0.29, 0.717) is 30.4 Å². The molecule has 1 aromatic carbocycles. The number of nitrogen functional groups attached to an aromatic ring is 1. The number of nitrogens with two attached hydrogens (primary N) is 1. The van der Waals surface area contributed by atoms with Gasteiger partial charge in [-0.2, -0.15) is 0 Å². The number of carbonyl (C=O) groups is 2. The summed E-state index contributed by atoms with van der Waals surface area (Å²) in [7, 11) is 0. The SMILES string of the molecule is Cc1c(-c2ccc(OCc3cnnn3COC(=O)C(C)(C)C)cc2)c2c(N)ncnc2n1[C@@H]1CCN(C(=O)OC(C)(C)C)C1. The van der Waals surface area contributed by atoms with Crippen LogP contribution in [0.3, 0.4) is 0 Å². The Hall–Kier alpha value is -4.68. The van der Waals surface area contributed by atoms with E-state index in [9.17, 15) is 9.59 Å². The minimum atomic E-state index is -0.613. The number of esters is 1. The smallest absolute Gasteiger partial charge is 0.410 e.